The van der Waals surface area contributed by atoms with Gasteiger partial charge in [0.1, 0.15) is 6.26 Å². The second-order valence-corrected chi connectivity index (χ2v) is 7.17. The minimum atomic E-state index is -0.447. The van der Waals surface area contributed by atoms with Crippen molar-refractivity contribution in [2.24, 2.45) is 0 Å². The number of carbonyl (C=O) groups is 2. The largest absolute Gasteiger partial charge is 0.472 e. The van der Waals surface area contributed by atoms with Crippen molar-refractivity contribution >= 4 is 11.9 Å². The van der Waals surface area contributed by atoms with Gasteiger partial charge in [0.2, 0.25) is 0 Å². The normalized spacial score (nSPS) is 13.2. The van der Waals surface area contributed by atoms with Crippen LogP contribution >= 0.6 is 0 Å². The van der Waals surface area contributed by atoms with Crippen molar-refractivity contribution < 1.29 is 18.7 Å². The molecule has 4 heterocycles. The molecule has 0 aromatic carbocycles. The molecule has 3 aromatic heterocycles. The monoisotopic (exact) mass is 408 g/mol. The van der Waals surface area contributed by atoms with Crippen molar-refractivity contribution in [3.05, 3.63) is 71.2 Å². The van der Waals surface area contributed by atoms with Crippen molar-refractivity contribution in [1.82, 2.24) is 19.7 Å². The molecular formula is C22H24N4O4. The number of pyridine rings is 1. The lowest BCUT2D eigenvalue weighted by atomic mass is 10.0. The zero-order chi connectivity index (χ0) is 20.9. The maximum absolute atomic E-state index is 12.7. The highest BCUT2D eigenvalue weighted by molar-refractivity contribution is 5.94. The van der Waals surface area contributed by atoms with Gasteiger partial charge in [-0.05, 0) is 37.5 Å². The molecule has 0 spiro atoms. The minimum Gasteiger partial charge on any atom is -0.472 e. The highest BCUT2D eigenvalue weighted by Crippen LogP contribution is 2.25. The van der Waals surface area contributed by atoms with Crippen LogP contribution in [0.4, 0.5) is 0 Å². The van der Waals surface area contributed by atoms with E-state index in [2.05, 4.69) is 16.1 Å². The number of furan rings is 1. The molecular weight excluding hydrogens is 384 g/mol. The Kier molecular flexibility index (Phi) is 5.92. The first-order valence-electron chi connectivity index (χ1n) is 10.1. The SMILES string of the molecule is CCOC(=O)c1nn(CCCc2cccnc2)c2c1CN(C(=O)c1ccoc1)CC2. The molecule has 0 bridgehead atoms. The van der Waals surface area contributed by atoms with E-state index in [1.807, 2.05) is 16.9 Å². The van der Waals surface area contributed by atoms with Gasteiger partial charge in [-0.3, -0.25) is 14.5 Å². The van der Waals surface area contributed by atoms with Crippen LogP contribution < -0.4 is 0 Å². The highest BCUT2D eigenvalue weighted by atomic mass is 16.5. The number of esters is 1. The molecule has 0 saturated heterocycles. The summed E-state index contributed by atoms with van der Waals surface area (Å²) in [6, 6.07) is 5.62. The van der Waals surface area contributed by atoms with E-state index in [0.717, 1.165) is 24.1 Å². The third-order valence-corrected chi connectivity index (χ3v) is 5.22. The standard InChI is InChI=1S/C22H24N4O4/c1-2-30-22(28)20-18-14-25(21(27)17-8-12-29-15-17)11-7-19(18)26(24-20)10-4-6-16-5-3-9-23-13-16/h3,5,8-9,12-13,15H,2,4,6-7,10-11,14H2,1H3. The zero-order valence-corrected chi connectivity index (χ0v) is 16.9. The Bertz CT molecular complexity index is 1010. The number of aromatic nitrogens is 3. The van der Waals surface area contributed by atoms with E-state index >= 15 is 0 Å². The van der Waals surface area contributed by atoms with E-state index in [1.165, 1.54) is 18.1 Å². The summed E-state index contributed by atoms with van der Waals surface area (Å²) in [4.78, 5) is 31.1. The molecule has 156 valence electrons. The molecule has 0 aliphatic carbocycles. The minimum absolute atomic E-state index is 0.117. The molecule has 8 nitrogen and oxygen atoms in total. The van der Waals surface area contributed by atoms with E-state index in [0.29, 0.717) is 37.3 Å². The van der Waals surface area contributed by atoms with Gasteiger partial charge >= 0.3 is 5.97 Å². The first-order valence-corrected chi connectivity index (χ1v) is 10.1. The van der Waals surface area contributed by atoms with Gasteiger partial charge in [-0.2, -0.15) is 5.10 Å². The molecule has 0 saturated carbocycles. The number of nitrogens with zero attached hydrogens (tertiary/aromatic N) is 4. The highest BCUT2D eigenvalue weighted by Gasteiger charge is 2.31. The predicted molar refractivity (Wildman–Crippen MR) is 108 cm³/mol. The summed E-state index contributed by atoms with van der Waals surface area (Å²) in [7, 11) is 0. The Morgan fingerprint density at radius 2 is 2.20 bits per heavy atom. The smallest absolute Gasteiger partial charge is 0.359 e. The van der Waals surface area contributed by atoms with Crippen LogP contribution in [-0.4, -0.2) is 44.7 Å². The van der Waals surface area contributed by atoms with Gasteiger partial charge in [-0.1, -0.05) is 6.07 Å². The molecule has 3 aromatic rings. The summed E-state index contributed by atoms with van der Waals surface area (Å²) in [5.74, 6) is -0.564. The lowest BCUT2D eigenvalue weighted by molar-refractivity contribution is 0.0513. The molecule has 0 radical (unpaired) electrons. The van der Waals surface area contributed by atoms with Crippen LogP contribution in [0.2, 0.25) is 0 Å². The topological polar surface area (TPSA) is 90.5 Å². The van der Waals surface area contributed by atoms with E-state index < -0.39 is 5.97 Å². The molecule has 0 atom stereocenters. The Labute approximate surface area is 174 Å². The fourth-order valence-corrected chi connectivity index (χ4v) is 3.76. The van der Waals surface area contributed by atoms with E-state index in [-0.39, 0.29) is 12.5 Å². The van der Waals surface area contributed by atoms with Gasteiger partial charge < -0.3 is 14.1 Å². The van der Waals surface area contributed by atoms with E-state index in [4.69, 9.17) is 9.15 Å². The first-order chi connectivity index (χ1) is 14.7. The second kappa shape index (κ2) is 8.94. The van der Waals surface area contributed by atoms with Crippen LogP contribution in [0.5, 0.6) is 0 Å². The van der Waals surface area contributed by atoms with Gasteiger partial charge in [0.15, 0.2) is 5.69 Å². The van der Waals surface area contributed by atoms with Crippen molar-refractivity contribution in [3.8, 4) is 0 Å². The Morgan fingerprint density at radius 3 is 2.93 bits per heavy atom. The third-order valence-electron chi connectivity index (χ3n) is 5.22. The molecule has 0 fully saturated rings. The van der Waals surface area contributed by atoms with Crippen LogP contribution in [0.3, 0.4) is 0 Å². The molecule has 8 heteroatoms. The summed E-state index contributed by atoms with van der Waals surface area (Å²) in [5.41, 5.74) is 3.75. The fourth-order valence-electron chi connectivity index (χ4n) is 3.76. The van der Waals surface area contributed by atoms with Gasteiger partial charge in [-0.25, -0.2) is 4.79 Å². The number of rotatable bonds is 7. The first kappa shape index (κ1) is 19.9. The molecule has 1 aliphatic heterocycles. The maximum atomic E-state index is 12.7. The number of hydrogen-bond acceptors (Lipinski definition) is 6. The van der Waals surface area contributed by atoms with Crippen molar-refractivity contribution in [1.29, 1.82) is 0 Å². The molecule has 1 amide bonds. The summed E-state index contributed by atoms with van der Waals surface area (Å²) < 4.78 is 12.1. The van der Waals surface area contributed by atoms with Crippen molar-refractivity contribution in [2.75, 3.05) is 13.2 Å². The van der Waals surface area contributed by atoms with Crippen LogP contribution in [0, 0.1) is 0 Å². The summed E-state index contributed by atoms with van der Waals surface area (Å²) >= 11 is 0. The quantitative estimate of drug-likeness (QED) is 0.559. The fraction of sp³-hybridized carbons (Fsp3) is 0.364. The molecule has 30 heavy (non-hydrogen) atoms. The Balaban J connectivity index is 1.54. The summed E-state index contributed by atoms with van der Waals surface area (Å²) in [6.45, 7) is 3.62. The van der Waals surface area contributed by atoms with E-state index in [9.17, 15) is 9.59 Å². The number of fused-ring (bicyclic) bond motifs is 1. The molecule has 1 aliphatic rings. The number of aryl methyl sites for hydroxylation is 2. The summed E-state index contributed by atoms with van der Waals surface area (Å²) in [6.07, 6.45) is 8.93. The van der Waals surface area contributed by atoms with E-state index in [1.54, 1.807) is 24.1 Å². The van der Waals surface area contributed by atoms with Crippen molar-refractivity contribution in [3.63, 3.8) is 0 Å². The number of carbonyl (C=O) groups excluding carboxylic acids is 2. The Hall–Kier alpha value is -3.42. The molecule has 0 N–H and O–H groups in total. The predicted octanol–water partition coefficient (Wildman–Crippen LogP) is 2.88. The molecule has 4 rings (SSSR count). The van der Waals surface area contributed by atoms with Gasteiger partial charge in [0.25, 0.3) is 5.91 Å². The van der Waals surface area contributed by atoms with Crippen LogP contribution in [0.1, 0.15) is 51.0 Å². The third kappa shape index (κ3) is 4.12. The lowest BCUT2D eigenvalue weighted by Gasteiger charge is -2.27. The van der Waals surface area contributed by atoms with Crippen LogP contribution in [0.15, 0.2) is 47.5 Å². The lowest BCUT2D eigenvalue weighted by Crippen LogP contribution is -2.36. The molecule has 0 unspecified atom stereocenters. The summed E-state index contributed by atoms with van der Waals surface area (Å²) in [5, 5.41) is 4.57. The second-order valence-electron chi connectivity index (χ2n) is 7.17. The van der Waals surface area contributed by atoms with Gasteiger partial charge in [-0.15, -0.1) is 0 Å². The average Bonchev–Trinajstić information content (AvgIpc) is 3.42. The van der Waals surface area contributed by atoms with Crippen LogP contribution in [0.25, 0.3) is 0 Å². The zero-order valence-electron chi connectivity index (χ0n) is 16.9. The van der Waals surface area contributed by atoms with Crippen LogP contribution in [-0.2, 0) is 30.7 Å². The number of amides is 1. The number of ether oxygens (including phenoxy) is 1. The van der Waals surface area contributed by atoms with Gasteiger partial charge in [0, 0.05) is 43.2 Å². The maximum Gasteiger partial charge on any atom is 0.359 e. The van der Waals surface area contributed by atoms with Crippen molar-refractivity contribution in [2.45, 2.75) is 39.3 Å². The average molecular weight is 408 g/mol. The Morgan fingerprint density at radius 1 is 1.30 bits per heavy atom. The van der Waals surface area contributed by atoms with Gasteiger partial charge in [0.05, 0.1) is 25.0 Å². The number of hydrogen-bond donors (Lipinski definition) is 0.